The van der Waals surface area contributed by atoms with Crippen molar-refractivity contribution < 1.29 is 8.83 Å². The van der Waals surface area contributed by atoms with Gasteiger partial charge in [-0.25, -0.2) is 4.98 Å². The summed E-state index contributed by atoms with van der Waals surface area (Å²) in [4.78, 5) is 10.8. The van der Waals surface area contributed by atoms with Gasteiger partial charge in [0.25, 0.3) is 0 Å². The van der Waals surface area contributed by atoms with E-state index in [1.807, 2.05) is 36.4 Å². The fourth-order valence-corrected chi connectivity index (χ4v) is 9.85. The first-order valence-electron chi connectivity index (χ1n) is 19.6. The van der Waals surface area contributed by atoms with Gasteiger partial charge in [-0.2, -0.15) is 4.98 Å². The molecule has 1 aliphatic rings. The normalized spacial score (nSPS) is 12.5. The number of rotatable bonds is 2. The average molecular weight is 741 g/mol. The fraction of sp³-hybridized carbons (Fsp3) is 0. The van der Waals surface area contributed by atoms with Gasteiger partial charge in [-0.15, -0.1) is 0 Å². The lowest BCUT2D eigenvalue weighted by molar-refractivity contribution is 0.651. The Kier molecular flexibility index (Phi) is 5.68. The lowest BCUT2D eigenvalue weighted by atomic mass is 9.94. The first kappa shape index (κ1) is 30.3. The first-order chi connectivity index (χ1) is 28.8. The number of para-hydroxylation sites is 5. The number of furan rings is 2. The van der Waals surface area contributed by atoms with Crippen LogP contribution in [0.3, 0.4) is 0 Å². The Labute approximate surface area is 329 Å². The molecule has 0 saturated carbocycles. The lowest BCUT2D eigenvalue weighted by Gasteiger charge is -2.12. The third-order valence-electron chi connectivity index (χ3n) is 12.3. The van der Waals surface area contributed by atoms with Crippen molar-refractivity contribution in [3.8, 4) is 45.1 Å². The second kappa shape index (κ2) is 10.9. The number of hydrogen-bond donors (Lipinski definition) is 0. The van der Waals surface area contributed by atoms with Gasteiger partial charge in [-0.05, 0) is 65.7 Å². The van der Waals surface area contributed by atoms with Crippen molar-refractivity contribution in [1.29, 1.82) is 0 Å². The molecular formula is C52H28N4O2. The second-order valence-corrected chi connectivity index (χ2v) is 15.3. The van der Waals surface area contributed by atoms with Gasteiger partial charge in [-0.1, -0.05) is 115 Å². The molecule has 6 heterocycles. The summed E-state index contributed by atoms with van der Waals surface area (Å²) < 4.78 is 17.5. The summed E-state index contributed by atoms with van der Waals surface area (Å²) in [6.07, 6.45) is 0. The maximum atomic E-state index is 6.57. The second-order valence-electron chi connectivity index (χ2n) is 15.3. The molecule has 13 aromatic rings. The Morgan fingerprint density at radius 2 is 1.00 bits per heavy atom. The standard InChI is InChI=1S/C52H28N4O2/c1-2-13-31-30(12-1)32-14-3-7-20-41(32)55-43-27-38-33-15-4-8-21-42(33)56(44(38)28-39(43)36-19-11-18-35(31)50(36)55)52-53-49(48-37-17-6-10-23-46(37)58-51(48)54-52)29-24-25-47-40(26-29)34-16-5-9-22-45(34)57-47/h1-28H. The van der Waals surface area contributed by atoms with Crippen molar-refractivity contribution in [2.45, 2.75) is 0 Å². The van der Waals surface area contributed by atoms with E-state index < -0.39 is 0 Å². The van der Waals surface area contributed by atoms with Crippen LogP contribution in [0.25, 0.3) is 133 Å². The molecule has 0 radical (unpaired) electrons. The summed E-state index contributed by atoms with van der Waals surface area (Å²) in [7, 11) is 0. The van der Waals surface area contributed by atoms with Crippen LogP contribution in [-0.2, 0) is 0 Å². The molecule has 0 aliphatic carbocycles. The van der Waals surface area contributed by atoms with Crippen LogP contribution in [0, 0.1) is 0 Å². The molecule has 0 atom stereocenters. The zero-order valence-corrected chi connectivity index (χ0v) is 30.8. The van der Waals surface area contributed by atoms with Gasteiger partial charge in [0.2, 0.25) is 11.7 Å². The summed E-state index contributed by atoms with van der Waals surface area (Å²) >= 11 is 0. The van der Waals surface area contributed by atoms with Crippen LogP contribution >= 0.6 is 0 Å². The topological polar surface area (TPSA) is 61.9 Å². The monoisotopic (exact) mass is 740 g/mol. The van der Waals surface area contributed by atoms with E-state index in [1.165, 1.54) is 44.2 Å². The molecule has 5 aromatic heterocycles. The lowest BCUT2D eigenvalue weighted by Crippen LogP contribution is -2.03. The molecule has 0 fully saturated rings. The van der Waals surface area contributed by atoms with Gasteiger partial charge >= 0.3 is 0 Å². The number of fused-ring (bicyclic) bond motifs is 17. The van der Waals surface area contributed by atoms with Gasteiger partial charge < -0.3 is 13.4 Å². The minimum atomic E-state index is 0.545. The minimum Gasteiger partial charge on any atom is -0.456 e. The fourth-order valence-electron chi connectivity index (χ4n) is 9.85. The highest BCUT2D eigenvalue weighted by molar-refractivity contribution is 6.22. The van der Waals surface area contributed by atoms with E-state index in [2.05, 4.69) is 143 Å². The predicted molar refractivity (Wildman–Crippen MR) is 235 cm³/mol. The van der Waals surface area contributed by atoms with Crippen molar-refractivity contribution >= 4 is 87.6 Å². The van der Waals surface area contributed by atoms with Gasteiger partial charge in [0.05, 0.1) is 38.8 Å². The van der Waals surface area contributed by atoms with Crippen LogP contribution in [0.15, 0.2) is 179 Å². The third kappa shape index (κ3) is 3.86. The summed E-state index contributed by atoms with van der Waals surface area (Å²) in [6.45, 7) is 0. The van der Waals surface area contributed by atoms with Crippen molar-refractivity contribution in [3.05, 3.63) is 170 Å². The van der Waals surface area contributed by atoms with E-state index in [0.717, 1.165) is 76.9 Å². The van der Waals surface area contributed by atoms with E-state index in [4.69, 9.17) is 18.8 Å². The smallest absolute Gasteiger partial charge is 0.238 e. The molecule has 14 rings (SSSR count). The maximum absolute atomic E-state index is 6.57. The van der Waals surface area contributed by atoms with Crippen LogP contribution in [0.4, 0.5) is 0 Å². The number of aromatic nitrogens is 4. The van der Waals surface area contributed by atoms with E-state index in [-0.39, 0.29) is 0 Å². The van der Waals surface area contributed by atoms with Crippen molar-refractivity contribution in [2.24, 2.45) is 0 Å². The molecule has 58 heavy (non-hydrogen) atoms. The van der Waals surface area contributed by atoms with Crippen molar-refractivity contribution in [3.63, 3.8) is 0 Å². The Bertz CT molecular complexity index is 3930. The van der Waals surface area contributed by atoms with Gasteiger partial charge in [-0.3, -0.25) is 4.57 Å². The molecule has 6 nitrogen and oxygen atoms in total. The minimum absolute atomic E-state index is 0.545. The highest BCUT2D eigenvalue weighted by atomic mass is 16.3. The third-order valence-corrected chi connectivity index (χ3v) is 12.3. The Morgan fingerprint density at radius 3 is 1.86 bits per heavy atom. The van der Waals surface area contributed by atoms with Crippen LogP contribution < -0.4 is 0 Å². The van der Waals surface area contributed by atoms with E-state index in [0.29, 0.717) is 11.7 Å². The molecule has 0 spiro atoms. The molecule has 1 aliphatic heterocycles. The summed E-state index contributed by atoms with van der Waals surface area (Å²) in [5.74, 6) is 0.550. The van der Waals surface area contributed by atoms with E-state index >= 15 is 0 Å². The molecule has 0 saturated heterocycles. The maximum Gasteiger partial charge on any atom is 0.238 e. The molecule has 0 bridgehead atoms. The van der Waals surface area contributed by atoms with Crippen LogP contribution in [0.5, 0.6) is 0 Å². The summed E-state index contributed by atoms with van der Waals surface area (Å²) in [5.41, 5.74) is 15.3. The van der Waals surface area contributed by atoms with Crippen LogP contribution in [0.2, 0.25) is 0 Å². The zero-order chi connectivity index (χ0) is 37.6. The Hall–Kier alpha value is -7.96. The van der Waals surface area contributed by atoms with Crippen molar-refractivity contribution in [1.82, 2.24) is 19.1 Å². The highest BCUT2D eigenvalue weighted by Gasteiger charge is 2.27. The summed E-state index contributed by atoms with van der Waals surface area (Å²) in [6, 6.07) is 60.2. The predicted octanol–water partition coefficient (Wildman–Crippen LogP) is 13.8. The number of nitrogens with zero attached hydrogens (tertiary/aromatic N) is 4. The Morgan fingerprint density at radius 1 is 0.379 bits per heavy atom. The van der Waals surface area contributed by atoms with Gasteiger partial charge in [0, 0.05) is 54.4 Å². The Balaban J connectivity index is 1.10. The SMILES string of the molecule is c1ccc2c(c1)-c1ccccc1-n1c3cc4c5ccccc5n(-c5nc(-c6ccc7oc8ccccc8c7c6)c6c(n5)oc5ccccc56)c4cc3c3cccc-2c31. The molecule has 0 N–H and O–H groups in total. The molecule has 268 valence electrons. The van der Waals surface area contributed by atoms with Gasteiger partial charge in [0.15, 0.2) is 0 Å². The summed E-state index contributed by atoms with van der Waals surface area (Å²) in [5, 5.41) is 8.61. The van der Waals surface area contributed by atoms with Crippen LogP contribution in [-0.4, -0.2) is 19.1 Å². The first-order valence-corrected chi connectivity index (χ1v) is 19.6. The average Bonchev–Trinajstić information content (AvgIpc) is 4.00. The van der Waals surface area contributed by atoms with E-state index in [9.17, 15) is 0 Å². The largest absolute Gasteiger partial charge is 0.456 e. The van der Waals surface area contributed by atoms with Gasteiger partial charge in [0.1, 0.15) is 16.7 Å². The number of benzene rings is 8. The molecule has 0 unspecified atom stereocenters. The van der Waals surface area contributed by atoms with Crippen molar-refractivity contribution in [2.75, 3.05) is 0 Å². The van der Waals surface area contributed by atoms with E-state index in [1.54, 1.807) is 0 Å². The molecular weight excluding hydrogens is 713 g/mol. The highest BCUT2D eigenvalue weighted by Crippen LogP contribution is 2.48. The quantitative estimate of drug-likeness (QED) is 0.177. The zero-order valence-electron chi connectivity index (χ0n) is 30.8. The molecule has 0 amide bonds. The molecule has 8 aromatic carbocycles. The molecule has 6 heteroatoms. The van der Waals surface area contributed by atoms with Crippen LogP contribution in [0.1, 0.15) is 0 Å². The number of hydrogen-bond acceptors (Lipinski definition) is 4.